The Bertz CT molecular complexity index is 388. The van der Waals surface area contributed by atoms with Gasteiger partial charge in [0.05, 0.1) is 0 Å². The summed E-state index contributed by atoms with van der Waals surface area (Å²) in [5, 5.41) is 3.39. The molecule has 1 atom stereocenters. The molecule has 0 aliphatic carbocycles. The van der Waals surface area contributed by atoms with Crippen LogP contribution in [0.4, 0.5) is 0 Å². The van der Waals surface area contributed by atoms with Gasteiger partial charge in [-0.25, -0.2) is 0 Å². The highest BCUT2D eigenvalue weighted by Gasteiger charge is 2.16. The fourth-order valence-corrected chi connectivity index (χ4v) is 2.54. The summed E-state index contributed by atoms with van der Waals surface area (Å²) in [6.07, 6.45) is 7.72. The fraction of sp³-hybridized carbons (Fsp3) is 0.600. The van der Waals surface area contributed by atoms with Gasteiger partial charge in [-0.15, -0.1) is 0 Å². The van der Waals surface area contributed by atoms with E-state index < -0.39 is 0 Å². The zero-order chi connectivity index (χ0) is 13.5. The van der Waals surface area contributed by atoms with Crippen molar-refractivity contribution in [2.45, 2.75) is 32.2 Å². The summed E-state index contributed by atoms with van der Waals surface area (Å²) in [6, 6.07) is 3.91. The SMILES string of the molecule is CN(Cc1cccnc1)C(=O)CCC1CCCNC1. The number of hydrogen-bond acceptors (Lipinski definition) is 3. The van der Waals surface area contributed by atoms with Gasteiger partial charge in [-0.1, -0.05) is 6.07 Å². The van der Waals surface area contributed by atoms with Gasteiger partial charge in [0.25, 0.3) is 0 Å². The van der Waals surface area contributed by atoms with Crippen molar-refractivity contribution in [3.63, 3.8) is 0 Å². The first-order chi connectivity index (χ1) is 9.25. The number of nitrogens with one attached hydrogen (secondary N) is 1. The molecule has 1 N–H and O–H groups in total. The predicted molar refractivity (Wildman–Crippen MR) is 75.5 cm³/mol. The highest BCUT2D eigenvalue weighted by Crippen LogP contribution is 2.16. The summed E-state index contributed by atoms with van der Waals surface area (Å²) in [6.45, 7) is 2.85. The van der Waals surface area contributed by atoms with Crippen LogP contribution in [0.25, 0.3) is 0 Å². The molecule has 4 nitrogen and oxygen atoms in total. The molecule has 1 aromatic heterocycles. The van der Waals surface area contributed by atoms with Gasteiger partial charge in [0, 0.05) is 32.4 Å². The highest BCUT2D eigenvalue weighted by atomic mass is 16.2. The second kappa shape index (κ2) is 7.24. The van der Waals surface area contributed by atoms with Crippen LogP contribution in [0.3, 0.4) is 0 Å². The molecule has 1 aliphatic rings. The molecule has 2 heterocycles. The molecule has 0 aromatic carbocycles. The summed E-state index contributed by atoms with van der Waals surface area (Å²) in [5.74, 6) is 0.902. The van der Waals surface area contributed by atoms with Gasteiger partial charge in [-0.3, -0.25) is 9.78 Å². The normalized spacial score (nSPS) is 19.1. The van der Waals surface area contributed by atoms with Crippen molar-refractivity contribution in [1.82, 2.24) is 15.2 Å². The van der Waals surface area contributed by atoms with Crippen LogP contribution in [0, 0.1) is 5.92 Å². The van der Waals surface area contributed by atoms with E-state index in [9.17, 15) is 4.79 Å². The first kappa shape index (κ1) is 14.0. The van der Waals surface area contributed by atoms with E-state index >= 15 is 0 Å². The zero-order valence-electron chi connectivity index (χ0n) is 11.6. The van der Waals surface area contributed by atoms with Crippen LogP contribution in [0.15, 0.2) is 24.5 Å². The van der Waals surface area contributed by atoms with Gasteiger partial charge in [-0.2, -0.15) is 0 Å². The lowest BCUT2D eigenvalue weighted by molar-refractivity contribution is -0.130. The summed E-state index contributed by atoms with van der Waals surface area (Å²) in [7, 11) is 1.87. The van der Waals surface area contributed by atoms with Crippen LogP contribution < -0.4 is 5.32 Å². The number of rotatable bonds is 5. The van der Waals surface area contributed by atoms with E-state index in [1.807, 2.05) is 25.4 Å². The minimum Gasteiger partial charge on any atom is -0.341 e. The van der Waals surface area contributed by atoms with Crippen molar-refractivity contribution in [2.75, 3.05) is 20.1 Å². The molecule has 2 rings (SSSR count). The van der Waals surface area contributed by atoms with E-state index in [1.165, 1.54) is 12.8 Å². The van der Waals surface area contributed by atoms with Gasteiger partial charge in [0.2, 0.25) is 5.91 Å². The number of pyridine rings is 1. The van der Waals surface area contributed by atoms with Crippen LogP contribution in [0.5, 0.6) is 0 Å². The van der Waals surface area contributed by atoms with Crippen LogP contribution >= 0.6 is 0 Å². The Hall–Kier alpha value is -1.42. The molecule has 19 heavy (non-hydrogen) atoms. The Balaban J connectivity index is 1.73. The lowest BCUT2D eigenvalue weighted by Crippen LogP contribution is -2.31. The number of aromatic nitrogens is 1. The average molecular weight is 261 g/mol. The maximum Gasteiger partial charge on any atom is 0.222 e. The smallest absolute Gasteiger partial charge is 0.222 e. The Morgan fingerprint density at radius 3 is 3.16 bits per heavy atom. The van der Waals surface area contributed by atoms with Crippen LogP contribution in [0.1, 0.15) is 31.2 Å². The molecule has 1 unspecified atom stereocenters. The first-order valence-electron chi connectivity index (χ1n) is 7.09. The van der Waals surface area contributed by atoms with Crippen molar-refractivity contribution in [3.05, 3.63) is 30.1 Å². The number of piperidine rings is 1. The number of carbonyl (C=O) groups is 1. The monoisotopic (exact) mass is 261 g/mol. The lowest BCUT2D eigenvalue weighted by atomic mass is 9.94. The number of nitrogens with zero attached hydrogens (tertiary/aromatic N) is 2. The molecular formula is C15H23N3O. The second-order valence-corrected chi connectivity index (χ2v) is 5.36. The number of carbonyl (C=O) groups excluding carboxylic acids is 1. The van der Waals surface area contributed by atoms with E-state index in [0.717, 1.165) is 25.1 Å². The summed E-state index contributed by atoms with van der Waals surface area (Å²) in [5.41, 5.74) is 1.08. The molecule has 1 aromatic rings. The molecule has 1 aliphatic heterocycles. The standard InChI is InChI=1S/C15H23N3O/c1-18(12-14-5-3-9-17-11-14)15(19)7-6-13-4-2-8-16-10-13/h3,5,9,11,13,16H,2,4,6-8,10,12H2,1H3. The Labute approximate surface area is 115 Å². The van der Waals surface area contributed by atoms with E-state index in [-0.39, 0.29) is 5.91 Å². The average Bonchev–Trinajstić information content (AvgIpc) is 2.47. The lowest BCUT2D eigenvalue weighted by Gasteiger charge is -2.23. The summed E-state index contributed by atoms with van der Waals surface area (Å²) < 4.78 is 0. The molecule has 0 radical (unpaired) electrons. The maximum atomic E-state index is 12.1. The molecule has 1 amide bonds. The number of amides is 1. The van der Waals surface area contributed by atoms with Crippen molar-refractivity contribution in [3.8, 4) is 0 Å². The second-order valence-electron chi connectivity index (χ2n) is 5.36. The molecule has 1 saturated heterocycles. The van der Waals surface area contributed by atoms with E-state index in [1.54, 1.807) is 11.1 Å². The minimum absolute atomic E-state index is 0.231. The Morgan fingerprint density at radius 1 is 1.58 bits per heavy atom. The fourth-order valence-electron chi connectivity index (χ4n) is 2.54. The van der Waals surface area contributed by atoms with Gasteiger partial charge in [0.1, 0.15) is 0 Å². The van der Waals surface area contributed by atoms with E-state index in [2.05, 4.69) is 10.3 Å². The first-order valence-corrected chi connectivity index (χ1v) is 7.09. The van der Waals surface area contributed by atoms with Crippen LogP contribution in [-0.4, -0.2) is 35.9 Å². The Morgan fingerprint density at radius 2 is 2.47 bits per heavy atom. The molecule has 0 spiro atoms. The van der Waals surface area contributed by atoms with Gasteiger partial charge in [0.15, 0.2) is 0 Å². The number of hydrogen-bond donors (Lipinski definition) is 1. The predicted octanol–water partition coefficient (Wildman–Crippen LogP) is 1.82. The van der Waals surface area contributed by atoms with Crippen LogP contribution in [-0.2, 0) is 11.3 Å². The maximum absolute atomic E-state index is 12.1. The van der Waals surface area contributed by atoms with Crippen molar-refractivity contribution < 1.29 is 4.79 Å². The zero-order valence-corrected chi connectivity index (χ0v) is 11.6. The molecule has 0 bridgehead atoms. The van der Waals surface area contributed by atoms with Crippen molar-refractivity contribution in [1.29, 1.82) is 0 Å². The third-order valence-electron chi connectivity index (χ3n) is 3.73. The van der Waals surface area contributed by atoms with Gasteiger partial charge >= 0.3 is 0 Å². The third kappa shape index (κ3) is 4.63. The highest BCUT2D eigenvalue weighted by molar-refractivity contribution is 5.75. The largest absolute Gasteiger partial charge is 0.341 e. The topological polar surface area (TPSA) is 45.2 Å². The minimum atomic E-state index is 0.231. The van der Waals surface area contributed by atoms with Crippen molar-refractivity contribution >= 4 is 5.91 Å². The molecule has 4 heteroatoms. The molecule has 104 valence electrons. The molecule has 0 saturated carbocycles. The third-order valence-corrected chi connectivity index (χ3v) is 3.73. The molecular weight excluding hydrogens is 238 g/mol. The summed E-state index contributed by atoms with van der Waals surface area (Å²) in [4.78, 5) is 17.9. The van der Waals surface area contributed by atoms with Crippen molar-refractivity contribution in [2.24, 2.45) is 5.92 Å². The Kier molecular flexibility index (Phi) is 5.33. The van der Waals surface area contributed by atoms with Crippen LogP contribution in [0.2, 0.25) is 0 Å². The molecule has 1 fully saturated rings. The van der Waals surface area contributed by atoms with Gasteiger partial charge < -0.3 is 10.2 Å². The van der Waals surface area contributed by atoms with E-state index in [4.69, 9.17) is 0 Å². The quantitative estimate of drug-likeness (QED) is 0.879. The van der Waals surface area contributed by atoms with Gasteiger partial charge in [-0.05, 0) is 49.9 Å². The van der Waals surface area contributed by atoms with E-state index in [0.29, 0.717) is 18.9 Å². The summed E-state index contributed by atoms with van der Waals surface area (Å²) >= 11 is 0.